The maximum atomic E-state index is 6.98. The lowest BCUT2D eigenvalue weighted by Gasteiger charge is -2.49. The number of nitrogens with zero attached hydrogens (tertiary/aromatic N) is 3. The first-order chi connectivity index (χ1) is 41.0. The van der Waals surface area contributed by atoms with Gasteiger partial charge in [-0.2, -0.15) is 0 Å². The van der Waals surface area contributed by atoms with E-state index in [1.807, 2.05) is 0 Å². The summed E-state index contributed by atoms with van der Waals surface area (Å²) in [6.07, 6.45) is 14.3. The first-order valence-electron chi connectivity index (χ1n) is 32.6. The third-order valence-corrected chi connectivity index (χ3v) is 22.5. The number of hydrogen-bond acceptors (Lipinski definition) is 4. The molecule has 440 valence electrons. The Labute approximate surface area is 519 Å². The molecule has 8 aromatic carbocycles. The standard InChI is InChI=1S/C82H88BN3O/c1-49-42-64-66(81(14,15)41-40-79(64,10)11)47-68(49)85-70-44-54(84(52-30-26-50(27-31-52)76(2,3)4)53-32-28-51(29-33-53)77(5,6)7)35-37-67(70)83-74-61(46-60-56-22-18-20-24-62(56)82(16,17)73(60)75(74)85)58-45-59-57-23-19-21-25-71(57)87-72(59)48-69(58)86(83)55-34-36-63-65(43-55)80(12,13)39-38-78(63,8)9/h18-37,42-48,56,62H,38-41H2,1-17H3. The molecule has 2 unspecified atom stereocenters. The molecule has 3 heterocycles. The summed E-state index contributed by atoms with van der Waals surface area (Å²) in [5.41, 5.74) is 29.3. The molecule has 0 radical (unpaired) electrons. The van der Waals surface area contributed by atoms with Gasteiger partial charge >= 0.3 is 6.85 Å². The zero-order valence-corrected chi connectivity index (χ0v) is 54.9. The number of aryl methyl sites for hydroxylation is 1. The van der Waals surface area contributed by atoms with E-state index in [1.54, 1.807) is 0 Å². The molecule has 6 aliphatic rings. The number of rotatable bonds is 5. The molecule has 87 heavy (non-hydrogen) atoms. The highest BCUT2D eigenvalue weighted by molar-refractivity contribution is 6.93. The van der Waals surface area contributed by atoms with Gasteiger partial charge in [0.15, 0.2) is 0 Å². The first-order valence-corrected chi connectivity index (χ1v) is 32.6. The van der Waals surface area contributed by atoms with Crippen molar-refractivity contribution in [2.75, 3.05) is 14.6 Å². The lowest BCUT2D eigenvalue weighted by molar-refractivity contribution is 0.332. The van der Waals surface area contributed by atoms with Crippen molar-refractivity contribution in [1.82, 2.24) is 0 Å². The second kappa shape index (κ2) is 18.5. The predicted octanol–water partition coefficient (Wildman–Crippen LogP) is 21.5. The van der Waals surface area contributed by atoms with Crippen LogP contribution in [0.5, 0.6) is 0 Å². The predicted molar refractivity (Wildman–Crippen MR) is 372 cm³/mol. The van der Waals surface area contributed by atoms with Crippen LogP contribution >= 0.6 is 0 Å². The average molecular weight is 1140 g/mol. The van der Waals surface area contributed by atoms with E-state index in [1.165, 1.54) is 101 Å². The van der Waals surface area contributed by atoms with Crippen molar-refractivity contribution in [3.63, 3.8) is 0 Å². The van der Waals surface area contributed by atoms with Crippen molar-refractivity contribution in [2.24, 2.45) is 5.92 Å². The van der Waals surface area contributed by atoms with Gasteiger partial charge in [-0.25, -0.2) is 0 Å². The molecule has 0 saturated carbocycles. The van der Waals surface area contributed by atoms with E-state index >= 15 is 0 Å². The van der Waals surface area contributed by atoms with Gasteiger partial charge in [-0.05, 0) is 210 Å². The molecular weight excluding hydrogens is 1050 g/mol. The molecule has 0 bridgehead atoms. The second-order valence-electron chi connectivity index (χ2n) is 32.4. The summed E-state index contributed by atoms with van der Waals surface area (Å²) in [5.74, 6) is 0.493. The van der Waals surface area contributed by atoms with E-state index in [-0.39, 0.29) is 56.6 Å². The molecule has 2 atom stereocenters. The number of furan rings is 1. The Bertz CT molecular complexity index is 4370. The van der Waals surface area contributed by atoms with Crippen LogP contribution in [-0.4, -0.2) is 6.85 Å². The van der Waals surface area contributed by atoms with Gasteiger partial charge in [0.25, 0.3) is 0 Å². The maximum absolute atomic E-state index is 6.98. The fourth-order valence-corrected chi connectivity index (χ4v) is 17.0. The van der Waals surface area contributed by atoms with Gasteiger partial charge in [-0.1, -0.05) is 202 Å². The summed E-state index contributed by atoms with van der Waals surface area (Å²) in [4.78, 5) is 8.11. The summed E-state index contributed by atoms with van der Waals surface area (Å²) in [5, 5.41) is 2.31. The molecule has 1 aromatic heterocycles. The molecule has 0 N–H and O–H groups in total. The molecule has 0 spiro atoms. The quantitative estimate of drug-likeness (QED) is 0.160. The number of fused-ring (bicyclic) bond motifs is 13. The lowest BCUT2D eigenvalue weighted by atomic mass is 9.42. The fraction of sp³-hybridized carbons (Fsp3) is 0.366. The minimum Gasteiger partial charge on any atom is -0.456 e. The lowest BCUT2D eigenvalue weighted by Crippen LogP contribution is -2.62. The van der Waals surface area contributed by atoms with Crippen LogP contribution in [0, 0.1) is 12.8 Å². The van der Waals surface area contributed by atoms with Crippen molar-refractivity contribution in [2.45, 2.75) is 187 Å². The van der Waals surface area contributed by atoms with Crippen LogP contribution in [0.2, 0.25) is 0 Å². The van der Waals surface area contributed by atoms with Crippen LogP contribution < -0.4 is 25.5 Å². The Balaban J connectivity index is 1.10. The Morgan fingerprint density at radius 2 is 1.08 bits per heavy atom. The van der Waals surface area contributed by atoms with Gasteiger partial charge in [0.1, 0.15) is 11.2 Å². The third kappa shape index (κ3) is 8.36. The first kappa shape index (κ1) is 56.0. The zero-order valence-electron chi connectivity index (χ0n) is 54.9. The summed E-state index contributed by atoms with van der Waals surface area (Å²) in [6.45, 7) is 41.0. The third-order valence-electron chi connectivity index (χ3n) is 22.5. The maximum Gasteiger partial charge on any atom is 0.333 e. The molecule has 4 nitrogen and oxygen atoms in total. The van der Waals surface area contributed by atoms with Crippen molar-refractivity contribution >= 4 is 85.2 Å². The van der Waals surface area contributed by atoms with Crippen LogP contribution in [0.3, 0.4) is 0 Å². The van der Waals surface area contributed by atoms with Crippen LogP contribution in [0.15, 0.2) is 168 Å². The largest absolute Gasteiger partial charge is 0.456 e. The summed E-state index contributed by atoms with van der Waals surface area (Å²) in [6, 6.07) is 55.4. The second-order valence-corrected chi connectivity index (χ2v) is 32.4. The van der Waals surface area contributed by atoms with Gasteiger partial charge in [-0.3, -0.25) is 0 Å². The van der Waals surface area contributed by atoms with Crippen molar-refractivity contribution < 1.29 is 4.42 Å². The minimum atomic E-state index is -0.236. The highest BCUT2D eigenvalue weighted by Crippen LogP contribution is 2.62. The summed E-state index contributed by atoms with van der Waals surface area (Å²) >= 11 is 0. The molecule has 0 saturated heterocycles. The highest BCUT2D eigenvalue weighted by atomic mass is 16.3. The van der Waals surface area contributed by atoms with E-state index in [2.05, 4.69) is 296 Å². The van der Waals surface area contributed by atoms with Crippen molar-refractivity contribution in [3.05, 3.63) is 214 Å². The molecule has 0 amide bonds. The molecule has 9 aromatic rings. The molecule has 0 fully saturated rings. The van der Waals surface area contributed by atoms with Gasteiger partial charge in [0.2, 0.25) is 0 Å². The van der Waals surface area contributed by atoms with Crippen molar-refractivity contribution in [1.29, 1.82) is 0 Å². The highest BCUT2D eigenvalue weighted by Gasteiger charge is 2.54. The van der Waals surface area contributed by atoms with E-state index in [0.29, 0.717) is 0 Å². The van der Waals surface area contributed by atoms with Gasteiger partial charge in [0.05, 0.1) is 0 Å². The number of benzene rings is 8. The molecule has 4 aliphatic carbocycles. The van der Waals surface area contributed by atoms with E-state index < -0.39 is 0 Å². The van der Waals surface area contributed by atoms with Crippen LogP contribution in [0.25, 0.3) is 33.1 Å². The Morgan fingerprint density at radius 1 is 0.506 bits per heavy atom. The average Bonchev–Trinajstić information content (AvgIpc) is 1.67. The van der Waals surface area contributed by atoms with E-state index in [4.69, 9.17) is 4.42 Å². The van der Waals surface area contributed by atoms with Gasteiger partial charge in [-0.15, -0.1) is 0 Å². The molecule has 15 rings (SSSR count). The van der Waals surface area contributed by atoms with Crippen LogP contribution in [-0.2, 0) is 37.9 Å². The van der Waals surface area contributed by atoms with Gasteiger partial charge < -0.3 is 19.0 Å². The van der Waals surface area contributed by atoms with Crippen LogP contribution in [0.1, 0.15) is 192 Å². The van der Waals surface area contributed by atoms with Crippen LogP contribution in [0.4, 0.5) is 45.5 Å². The number of allylic oxidation sites excluding steroid dienone is 4. The molecule has 2 aliphatic heterocycles. The van der Waals surface area contributed by atoms with Gasteiger partial charge in [0, 0.05) is 73.8 Å². The Kier molecular flexibility index (Phi) is 11.9. The Morgan fingerprint density at radius 3 is 1.71 bits per heavy atom. The summed E-state index contributed by atoms with van der Waals surface area (Å²) < 4.78 is 6.98. The number of anilines is 8. The number of para-hydroxylation sites is 1. The monoisotopic (exact) mass is 1140 g/mol. The zero-order chi connectivity index (χ0) is 61.0. The number of hydrogen-bond donors (Lipinski definition) is 0. The molecule has 5 heteroatoms. The SMILES string of the molecule is Cc1cc2c(cc1N1c3cc(N(c4ccc(C(C)(C)C)cc4)c4ccc(C(C)(C)C)cc4)ccc3B3c4c(cc5c(c41)C(C)(C)C1C=CC=CC51)-c1cc4c(cc1N3c1ccc3c(c1)C(C)(C)CCC3(C)C)oc1ccccc14)C(C)(C)CCC2(C)C. The van der Waals surface area contributed by atoms with E-state index in [0.717, 1.165) is 64.7 Å². The molecular formula is C82H88BN3O. The minimum absolute atomic E-state index is 0.00443. The normalized spacial score (nSPS) is 20.4. The van der Waals surface area contributed by atoms with Crippen molar-refractivity contribution in [3.8, 4) is 11.1 Å². The smallest absolute Gasteiger partial charge is 0.333 e. The Hall–Kier alpha value is -7.50. The van der Waals surface area contributed by atoms with E-state index in [9.17, 15) is 0 Å². The fourth-order valence-electron chi connectivity index (χ4n) is 17.0. The topological polar surface area (TPSA) is 22.9 Å². The summed E-state index contributed by atoms with van der Waals surface area (Å²) in [7, 11) is 0.